The van der Waals surface area contributed by atoms with E-state index in [4.69, 9.17) is 11.6 Å². The molecule has 1 aliphatic rings. The van der Waals surface area contributed by atoms with Gasteiger partial charge < -0.3 is 10.0 Å². The summed E-state index contributed by atoms with van der Waals surface area (Å²) < 4.78 is 52.8. The number of benzene rings is 1. The van der Waals surface area contributed by atoms with Crippen LogP contribution in [-0.4, -0.2) is 35.1 Å². The van der Waals surface area contributed by atoms with Gasteiger partial charge in [-0.05, 0) is 42.1 Å². The number of fused-ring (bicyclic) bond motifs is 1. The molecule has 0 aromatic heterocycles. The number of nitrogens with zero attached hydrogens (tertiary/aromatic N) is 1. The number of halogens is 5. The average molecular weight is 368 g/mol. The third kappa shape index (κ3) is 3.12. The molecule has 1 aromatic carbocycles. The number of Topliss-reactive ketones (excluding diaryl/α,β-unsaturated/α-hetero) is 1. The van der Waals surface area contributed by atoms with E-state index >= 15 is 0 Å². The highest BCUT2D eigenvalue weighted by molar-refractivity contribution is 6.22. The van der Waals surface area contributed by atoms with Gasteiger partial charge in [0.1, 0.15) is 5.78 Å². The molecule has 24 heavy (non-hydrogen) atoms. The first-order chi connectivity index (χ1) is 11.0. The first-order valence-electron chi connectivity index (χ1n) is 6.99. The third-order valence-corrected chi connectivity index (χ3v) is 4.15. The molecule has 9 heteroatoms. The number of ketones is 1. The maximum atomic E-state index is 13.3. The zero-order valence-corrected chi connectivity index (χ0v) is 13.3. The lowest BCUT2D eigenvalue weighted by molar-refractivity contribution is -0.204. The summed E-state index contributed by atoms with van der Waals surface area (Å²) in [7, 11) is 0. The van der Waals surface area contributed by atoms with Crippen molar-refractivity contribution in [1.82, 2.24) is 0 Å². The predicted molar refractivity (Wildman–Crippen MR) is 78.5 cm³/mol. The zero-order chi connectivity index (χ0) is 18.3. The molecule has 1 aliphatic heterocycles. The second-order valence-corrected chi connectivity index (χ2v) is 6.06. The lowest BCUT2D eigenvalue weighted by Crippen LogP contribution is -2.47. The number of amides is 1. The summed E-state index contributed by atoms with van der Waals surface area (Å²) >= 11 is 4.69. The molecule has 0 saturated heterocycles. The maximum Gasteiger partial charge on any atom is 0.359 e. The highest BCUT2D eigenvalue weighted by atomic mass is 35.5. The van der Waals surface area contributed by atoms with Gasteiger partial charge in [-0.1, -0.05) is 12.1 Å². The summed E-state index contributed by atoms with van der Waals surface area (Å²) in [5, 5.41) is 5.18. The van der Waals surface area contributed by atoms with Gasteiger partial charge in [0.25, 0.3) is 6.43 Å². The summed E-state index contributed by atoms with van der Waals surface area (Å²) in [5.74, 6) is -0.806. The molecule has 1 aromatic rings. The minimum Gasteiger partial charge on any atom is -0.373 e. The van der Waals surface area contributed by atoms with E-state index in [0.29, 0.717) is 11.3 Å². The van der Waals surface area contributed by atoms with Crippen molar-refractivity contribution >= 4 is 29.0 Å². The van der Waals surface area contributed by atoms with Crippen molar-refractivity contribution in [3.8, 4) is 0 Å². The fourth-order valence-electron chi connectivity index (χ4n) is 2.62. The van der Waals surface area contributed by atoms with Gasteiger partial charge in [0.15, 0.2) is 0 Å². The van der Waals surface area contributed by atoms with E-state index in [0.717, 1.165) is 12.1 Å². The minimum absolute atomic E-state index is 0.190. The Bertz CT molecular complexity index is 677. The Hall–Kier alpha value is -1.67. The number of alkyl halides is 5. The second kappa shape index (κ2) is 6.33. The number of carbonyl (C=O) groups excluding carboxylic acids is 2. The van der Waals surface area contributed by atoms with Gasteiger partial charge in [0, 0.05) is 12.2 Å². The number of hydrogen-bond acceptors (Lipinski definition) is 3. The largest absolute Gasteiger partial charge is 0.373 e. The molecule has 1 atom stereocenters. The lowest BCUT2D eigenvalue weighted by atomic mass is 9.92. The molecule has 0 spiro atoms. The maximum absolute atomic E-state index is 13.3. The SMILES string of the molecule is CC(=O)CC(=O)N1CCc2cc(C(O)(C(F)F)C(F)(F)Cl)ccc21. The molecule has 0 radical (unpaired) electrons. The van der Waals surface area contributed by atoms with Crippen LogP contribution in [0.25, 0.3) is 0 Å². The van der Waals surface area contributed by atoms with Crippen molar-refractivity contribution in [2.45, 2.75) is 37.2 Å². The van der Waals surface area contributed by atoms with Crippen molar-refractivity contribution in [3.05, 3.63) is 29.3 Å². The van der Waals surface area contributed by atoms with Crippen LogP contribution in [0.2, 0.25) is 0 Å². The Labute approximate surface area is 140 Å². The fourth-order valence-corrected chi connectivity index (χ4v) is 2.81. The third-order valence-electron chi connectivity index (χ3n) is 3.86. The zero-order valence-electron chi connectivity index (χ0n) is 12.5. The van der Waals surface area contributed by atoms with Gasteiger partial charge in [-0.25, -0.2) is 8.78 Å². The fraction of sp³-hybridized carbons (Fsp3) is 0.467. The van der Waals surface area contributed by atoms with Gasteiger partial charge in [-0.2, -0.15) is 8.78 Å². The molecule has 1 heterocycles. The van der Waals surface area contributed by atoms with Crippen LogP contribution in [0, 0.1) is 0 Å². The molecule has 1 N–H and O–H groups in total. The molecule has 0 aliphatic carbocycles. The molecule has 132 valence electrons. The van der Waals surface area contributed by atoms with E-state index in [-0.39, 0.29) is 25.2 Å². The lowest BCUT2D eigenvalue weighted by Gasteiger charge is -2.31. The highest BCUT2D eigenvalue weighted by Crippen LogP contribution is 2.46. The summed E-state index contributed by atoms with van der Waals surface area (Å²) in [6, 6.07) is 3.05. The van der Waals surface area contributed by atoms with E-state index in [2.05, 4.69) is 0 Å². The Morgan fingerprint density at radius 2 is 2.00 bits per heavy atom. The summed E-state index contributed by atoms with van der Waals surface area (Å²) in [6.07, 6.45) is -3.91. The Balaban J connectivity index is 2.40. The van der Waals surface area contributed by atoms with Crippen LogP contribution in [0.4, 0.5) is 23.2 Å². The van der Waals surface area contributed by atoms with Gasteiger partial charge in [0.2, 0.25) is 11.5 Å². The summed E-state index contributed by atoms with van der Waals surface area (Å²) in [5.41, 5.74) is -3.92. The molecule has 0 fully saturated rings. The van der Waals surface area contributed by atoms with Crippen LogP contribution in [0.1, 0.15) is 24.5 Å². The number of aliphatic hydroxyl groups is 1. The Kier molecular flexibility index (Phi) is 4.92. The Morgan fingerprint density at radius 3 is 2.50 bits per heavy atom. The van der Waals surface area contributed by atoms with E-state index in [1.54, 1.807) is 0 Å². The smallest absolute Gasteiger partial charge is 0.359 e. The summed E-state index contributed by atoms with van der Waals surface area (Å²) in [4.78, 5) is 24.3. The minimum atomic E-state index is -4.59. The van der Waals surface area contributed by atoms with E-state index < -0.39 is 28.9 Å². The molecule has 1 amide bonds. The first-order valence-corrected chi connectivity index (χ1v) is 7.36. The highest BCUT2D eigenvalue weighted by Gasteiger charge is 2.59. The Morgan fingerprint density at radius 1 is 1.38 bits per heavy atom. The molecule has 0 bridgehead atoms. The number of anilines is 1. The topological polar surface area (TPSA) is 57.6 Å². The average Bonchev–Trinajstić information content (AvgIpc) is 2.87. The second-order valence-electron chi connectivity index (χ2n) is 5.58. The molecule has 1 unspecified atom stereocenters. The molecule has 2 rings (SSSR count). The molecule has 4 nitrogen and oxygen atoms in total. The van der Waals surface area contributed by atoms with E-state index in [1.807, 2.05) is 0 Å². The molecular formula is C15H14ClF4NO3. The van der Waals surface area contributed by atoms with Crippen LogP contribution in [-0.2, 0) is 21.6 Å². The first kappa shape index (κ1) is 18.7. The van der Waals surface area contributed by atoms with Crippen molar-refractivity contribution in [2.75, 3.05) is 11.4 Å². The molecular weight excluding hydrogens is 354 g/mol. The van der Waals surface area contributed by atoms with Gasteiger partial charge in [-0.3, -0.25) is 9.59 Å². The number of hydrogen-bond donors (Lipinski definition) is 1. The van der Waals surface area contributed by atoms with Crippen LogP contribution < -0.4 is 4.90 Å². The predicted octanol–water partition coefficient (Wildman–Crippen LogP) is 2.84. The number of rotatable bonds is 5. The van der Waals surface area contributed by atoms with Gasteiger partial charge >= 0.3 is 5.38 Å². The van der Waals surface area contributed by atoms with Crippen LogP contribution in [0.3, 0.4) is 0 Å². The van der Waals surface area contributed by atoms with Crippen molar-refractivity contribution in [1.29, 1.82) is 0 Å². The standard InChI is InChI=1S/C15H14ClF4NO3/c1-8(22)6-12(23)21-5-4-9-7-10(2-3-11(9)21)14(24,13(17)18)15(16,19)20/h2-3,7,13,24H,4-6H2,1H3. The quantitative estimate of drug-likeness (QED) is 0.494. The molecule has 0 saturated carbocycles. The van der Waals surface area contributed by atoms with Gasteiger partial charge in [-0.15, -0.1) is 0 Å². The number of carbonyl (C=O) groups is 2. The normalized spacial score (nSPS) is 16.9. The van der Waals surface area contributed by atoms with Crippen LogP contribution in [0.15, 0.2) is 18.2 Å². The monoisotopic (exact) mass is 367 g/mol. The van der Waals surface area contributed by atoms with Crippen molar-refractivity contribution in [3.63, 3.8) is 0 Å². The van der Waals surface area contributed by atoms with Crippen LogP contribution >= 0.6 is 11.6 Å². The van der Waals surface area contributed by atoms with Crippen molar-refractivity contribution in [2.24, 2.45) is 0 Å². The van der Waals surface area contributed by atoms with E-state index in [9.17, 15) is 32.3 Å². The van der Waals surface area contributed by atoms with Gasteiger partial charge in [0.05, 0.1) is 6.42 Å². The van der Waals surface area contributed by atoms with Crippen molar-refractivity contribution < 1.29 is 32.3 Å². The summed E-state index contributed by atoms with van der Waals surface area (Å²) in [6.45, 7) is 1.44. The van der Waals surface area contributed by atoms with E-state index in [1.165, 1.54) is 17.9 Å². The van der Waals surface area contributed by atoms with Crippen LogP contribution in [0.5, 0.6) is 0 Å².